The smallest absolute Gasteiger partial charge is 0.267 e. The second kappa shape index (κ2) is 8.48. The minimum absolute atomic E-state index is 0.00282. The van der Waals surface area contributed by atoms with Gasteiger partial charge in [0.15, 0.2) is 15.7 Å². The standard InChI is InChI=1S/C22H14ClF4N3O3S/c1-2-34(32,33)19-8-7-18(16-6-4-14(24)10-17(16)23)29-20(19)30-21(31)15-5-3-13(22(25,26)27)9-12(15)11-28-30/h3-11H,2H2,1H3. The van der Waals surface area contributed by atoms with Crippen molar-refractivity contribution in [2.75, 3.05) is 5.75 Å². The molecule has 0 aliphatic heterocycles. The molecule has 0 radical (unpaired) electrons. The summed E-state index contributed by atoms with van der Waals surface area (Å²) in [5.74, 6) is -1.26. The molecule has 2 aromatic heterocycles. The first-order valence-corrected chi connectivity index (χ1v) is 11.7. The first kappa shape index (κ1) is 23.8. The van der Waals surface area contributed by atoms with Crippen LogP contribution in [-0.2, 0) is 16.0 Å². The molecule has 0 saturated heterocycles. The number of rotatable bonds is 4. The van der Waals surface area contributed by atoms with Gasteiger partial charge in [0.05, 0.1) is 33.6 Å². The lowest BCUT2D eigenvalue weighted by Crippen LogP contribution is -2.25. The Morgan fingerprint density at radius 3 is 2.44 bits per heavy atom. The number of sulfone groups is 1. The Balaban J connectivity index is 1.99. The number of fused-ring (bicyclic) bond motifs is 1. The summed E-state index contributed by atoms with van der Waals surface area (Å²) in [5, 5.41) is 3.71. The van der Waals surface area contributed by atoms with Gasteiger partial charge in [0, 0.05) is 10.9 Å². The van der Waals surface area contributed by atoms with Gasteiger partial charge in [-0.3, -0.25) is 4.79 Å². The predicted octanol–water partition coefficient (Wildman–Crippen LogP) is 5.05. The highest BCUT2D eigenvalue weighted by molar-refractivity contribution is 7.91. The van der Waals surface area contributed by atoms with Crippen LogP contribution in [0.1, 0.15) is 12.5 Å². The van der Waals surface area contributed by atoms with Crippen molar-refractivity contribution in [1.82, 2.24) is 14.8 Å². The number of hydrogen-bond donors (Lipinski definition) is 0. The van der Waals surface area contributed by atoms with Crippen LogP contribution in [-0.4, -0.2) is 28.9 Å². The molecule has 0 bridgehead atoms. The topological polar surface area (TPSA) is 81.9 Å². The van der Waals surface area contributed by atoms with Crippen molar-refractivity contribution in [3.05, 3.63) is 81.5 Å². The summed E-state index contributed by atoms with van der Waals surface area (Å²) in [4.78, 5) is 17.1. The molecule has 0 N–H and O–H groups in total. The van der Waals surface area contributed by atoms with E-state index in [1.807, 2.05) is 0 Å². The van der Waals surface area contributed by atoms with Crippen LogP contribution in [0, 0.1) is 5.82 Å². The Kier molecular flexibility index (Phi) is 5.94. The maximum Gasteiger partial charge on any atom is 0.416 e. The zero-order valence-electron chi connectivity index (χ0n) is 17.3. The van der Waals surface area contributed by atoms with Gasteiger partial charge >= 0.3 is 6.18 Å². The molecule has 0 unspecified atom stereocenters. The molecule has 2 aromatic carbocycles. The third kappa shape index (κ3) is 4.28. The van der Waals surface area contributed by atoms with E-state index >= 15 is 0 Å². The number of aromatic nitrogens is 3. The fourth-order valence-electron chi connectivity index (χ4n) is 3.31. The van der Waals surface area contributed by atoms with Crippen molar-refractivity contribution in [3.8, 4) is 17.1 Å². The molecule has 0 amide bonds. The molecule has 0 saturated carbocycles. The molecule has 0 atom stereocenters. The van der Waals surface area contributed by atoms with E-state index in [-0.39, 0.29) is 43.5 Å². The van der Waals surface area contributed by atoms with Crippen LogP contribution in [0.2, 0.25) is 5.02 Å². The first-order valence-electron chi connectivity index (χ1n) is 9.71. The molecule has 176 valence electrons. The lowest BCUT2D eigenvalue weighted by Gasteiger charge is -2.13. The van der Waals surface area contributed by atoms with Gasteiger partial charge in [0.25, 0.3) is 5.56 Å². The van der Waals surface area contributed by atoms with E-state index < -0.39 is 33.0 Å². The SMILES string of the molecule is CCS(=O)(=O)c1ccc(-c2ccc(F)cc2Cl)nc1-n1ncc2cc(C(F)(F)F)ccc2c1=O. The number of nitrogens with zero attached hydrogens (tertiary/aromatic N) is 3. The van der Waals surface area contributed by atoms with E-state index in [0.717, 1.165) is 36.5 Å². The zero-order valence-corrected chi connectivity index (χ0v) is 18.8. The maximum absolute atomic E-state index is 13.5. The van der Waals surface area contributed by atoms with Crippen molar-refractivity contribution in [2.45, 2.75) is 18.0 Å². The summed E-state index contributed by atoms with van der Waals surface area (Å²) >= 11 is 6.11. The first-order chi connectivity index (χ1) is 15.9. The third-order valence-corrected chi connectivity index (χ3v) is 7.14. The summed E-state index contributed by atoms with van der Waals surface area (Å²) < 4.78 is 78.7. The summed E-state index contributed by atoms with van der Waals surface area (Å²) in [6.45, 7) is 1.40. The molecule has 0 fully saturated rings. The van der Waals surface area contributed by atoms with Crippen LogP contribution in [0.3, 0.4) is 0 Å². The molecular weight excluding hydrogens is 498 g/mol. The van der Waals surface area contributed by atoms with Crippen molar-refractivity contribution in [3.63, 3.8) is 0 Å². The molecular formula is C22H14ClF4N3O3S. The van der Waals surface area contributed by atoms with Gasteiger partial charge < -0.3 is 0 Å². The highest BCUT2D eigenvalue weighted by Gasteiger charge is 2.31. The third-order valence-electron chi connectivity index (χ3n) is 5.08. The Labute approximate surface area is 195 Å². The van der Waals surface area contributed by atoms with E-state index in [1.54, 1.807) is 0 Å². The van der Waals surface area contributed by atoms with Crippen LogP contribution in [0.15, 0.2) is 64.4 Å². The molecule has 4 rings (SSSR count). The summed E-state index contributed by atoms with van der Waals surface area (Å²) in [6.07, 6.45) is -3.59. The van der Waals surface area contributed by atoms with Gasteiger partial charge in [-0.25, -0.2) is 17.8 Å². The van der Waals surface area contributed by atoms with E-state index in [1.165, 1.54) is 25.1 Å². The lowest BCUT2D eigenvalue weighted by atomic mass is 10.1. The molecule has 6 nitrogen and oxygen atoms in total. The maximum atomic E-state index is 13.5. The number of benzene rings is 2. The Morgan fingerprint density at radius 1 is 1.06 bits per heavy atom. The van der Waals surface area contributed by atoms with Gasteiger partial charge in [0.1, 0.15) is 10.7 Å². The van der Waals surface area contributed by atoms with Crippen LogP contribution >= 0.6 is 11.6 Å². The molecule has 0 aliphatic rings. The Morgan fingerprint density at radius 2 is 1.79 bits per heavy atom. The van der Waals surface area contributed by atoms with Gasteiger partial charge in [-0.05, 0) is 48.5 Å². The van der Waals surface area contributed by atoms with Gasteiger partial charge in [-0.15, -0.1) is 0 Å². The minimum atomic E-state index is -4.62. The van der Waals surface area contributed by atoms with E-state index in [0.29, 0.717) is 4.68 Å². The van der Waals surface area contributed by atoms with E-state index in [9.17, 15) is 30.8 Å². The fourth-order valence-corrected chi connectivity index (χ4v) is 4.57. The van der Waals surface area contributed by atoms with Gasteiger partial charge in [0.2, 0.25) is 0 Å². The highest BCUT2D eigenvalue weighted by Crippen LogP contribution is 2.32. The molecule has 0 spiro atoms. The number of hydrogen-bond acceptors (Lipinski definition) is 5. The van der Waals surface area contributed by atoms with Crippen molar-refractivity contribution in [1.29, 1.82) is 0 Å². The zero-order chi connectivity index (χ0) is 24.8. The van der Waals surface area contributed by atoms with Crippen molar-refractivity contribution in [2.24, 2.45) is 0 Å². The summed E-state index contributed by atoms with van der Waals surface area (Å²) in [7, 11) is -3.89. The Bertz CT molecular complexity index is 1600. The number of alkyl halides is 3. The van der Waals surface area contributed by atoms with Gasteiger partial charge in [-0.1, -0.05) is 18.5 Å². The monoisotopic (exact) mass is 511 g/mol. The minimum Gasteiger partial charge on any atom is -0.267 e. The predicted molar refractivity (Wildman–Crippen MR) is 118 cm³/mol. The van der Waals surface area contributed by atoms with Crippen LogP contribution in [0.5, 0.6) is 0 Å². The average Bonchev–Trinajstić information content (AvgIpc) is 2.78. The lowest BCUT2D eigenvalue weighted by molar-refractivity contribution is -0.137. The molecule has 12 heteroatoms. The fraction of sp³-hybridized carbons (Fsp3) is 0.136. The summed E-state index contributed by atoms with van der Waals surface area (Å²) in [5.41, 5.74) is -1.42. The second-order valence-electron chi connectivity index (χ2n) is 7.21. The van der Waals surface area contributed by atoms with Crippen LogP contribution < -0.4 is 5.56 Å². The largest absolute Gasteiger partial charge is 0.416 e. The van der Waals surface area contributed by atoms with Gasteiger partial charge in [-0.2, -0.15) is 23.0 Å². The second-order valence-corrected chi connectivity index (χ2v) is 9.86. The van der Waals surface area contributed by atoms with E-state index in [2.05, 4.69) is 10.1 Å². The van der Waals surface area contributed by atoms with E-state index in [4.69, 9.17) is 11.6 Å². The Hall–Kier alpha value is -3.31. The molecule has 0 aliphatic carbocycles. The molecule has 34 heavy (non-hydrogen) atoms. The average molecular weight is 512 g/mol. The normalized spacial score (nSPS) is 12.3. The number of pyridine rings is 1. The van der Waals surface area contributed by atoms with Crippen LogP contribution in [0.25, 0.3) is 27.8 Å². The highest BCUT2D eigenvalue weighted by atomic mass is 35.5. The quantitative estimate of drug-likeness (QED) is 0.358. The van der Waals surface area contributed by atoms with Crippen molar-refractivity contribution < 1.29 is 26.0 Å². The molecule has 4 aromatic rings. The number of halogens is 5. The van der Waals surface area contributed by atoms with Crippen LogP contribution in [0.4, 0.5) is 17.6 Å². The summed E-state index contributed by atoms with van der Waals surface area (Å²) in [6, 6.07) is 8.62. The molecule has 2 heterocycles. The van der Waals surface area contributed by atoms with Crippen molar-refractivity contribution >= 4 is 32.2 Å².